The molecule has 0 bridgehead atoms. The van der Waals surface area contributed by atoms with E-state index in [1.165, 1.54) is 0 Å². The molecule has 0 atom stereocenters. The topological polar surface area (TPSA) is 64.1 Å². The van der Waals surface area contributed by atoms with Crippen LogP contribution >= 0.6 is 0 Å². The van der Waals surface area contributed by atoms with Gasteiger partial charge in [0.1, 0.15) is 11.5 Å². The van der Waals surface area contributed by atoms with Crippen LogP contribution in [0.4, 0.5) is 0 Å². The number of para-hydroxylation sites is 1. The molecule has 1 amide bonds. The number of nitrogens with one attached hydrogen (secondary N) is 1. The molecule has 2 aromatic heterocycles. The number of benzene rings is 2. The monoisotopic (exact) mass is 355 g/mol. The van der Waals surface area contributed by atoms with Crippen molar-refractivity contribution in [3.63, 3.8) is 0 Å². The predicted molar refractivity (Wildman–Crippen MR) is 104 cm³/mol. The standard InChI is InChI=1S/C22H17N3O2/c26-22(25-15-17-7-3-4-12-23-17)16-6-5-8-18(14-16)27-21-11-13-24-20-10-2-1-9-19(20)21/h1-14H,15H2,(H,25,26). The summed E-state index contributed by atoms with van der Waals surface area (Å²) < 4.78 is 6.01. The Morgan fingerprint density at radius 1 is 0.889 bits per heavy atom. The lowest BCUT2D eigenvalue weighted by Crippen LogP contribution is -2.23. The Balaban J connectivity index is 1.51. The lowest BCUT2D eigenvalue weighted by Gasteiger charge is -2.10. The van der Waals surface area contributed by atoms with Crippen molar-refractivity contribution in [2.24, 2.45) is 0 Å². The third-order valence-corrected chi connectivity index (χ3v) is 4.09. The first-order valence-corrected chi connectivity index (χ1v) is 8.59. The van der Waals surface area contributed by atoms with E-state index in [2.05, 4.69) is 15.3 Å². The van der Waals surface area contributed by atoms with E-state index in [9.17, 15) is 4.79 Å². The molecule has 0 unspecified atom stereocenters. The van der Waals surface area contributed by atoms with Gasteiger partial charge in [-0.25, -0.2) is 0 Å². The molecule has 27 heavy (non-hydrogen) atoms. The number of ether oxygens (including phenoxy) is 1. The maximum atomic E-state index is 12.4. The van der Waals surface area contributed by atoms with Crippen LogP contribution in [-0.4, -0.2) is 15.9 Å². The smallest absolute Gasteiger partial charge is 0.251 e. The highest BCUT2D eigenvalue weighted by atomic mass is 16.5. The number of amides is 1. The fraction of sp³-hybridized carbons (Fsp3) is 0.0455. The highest BCUT2D eigenvalue weighted by Gasteiger charge is 2.09. The fourth-order valence-electron chi connectivity index (χ4n) is 2.76. The number of rotatable bonds is 5. The van der Waals surface area contributed by atoms with Crippen LogP contribution in [-0.2, 0) is 6.54 Å². The van der Waals surface area contributed by atoms with E-state index in [0.717, 1.165) is 16.6 Å². The quantitative estimate of drug-likeness (QED) is 0.578. The van der Waals surface area contributed by atoms with E-state index in [1.807, 2.05) is 54.6 Å². The second-order valence-corrected chi connectivity index (χ2v) is 5.96. The van der Waals surface area contributed by atoms with Gasteiger partial charge in [-0.3, -0.25) is 14.8 Å². The lowest BCUT2D eigenvalue weighted by atomic mass is 10.2. The number of aromatic nitrogens is 2. The van der Waals surface area contributed by atoms with Crippen LogP contribution < -0.4 is 10.1 Å². The van der Waals surface area contributed by atoms with E-state index in [1.54, 1.807) is 30.6 Å². The number of hydrogen-bond acceptors (Lipinski definition) is 4. The maximum Gasteiger partial charge on any atom is 0.251 e. The van der Waals surface area contributed by atoms with Gasteiger partial charge in [0, 0.05) is 23.3 Å². The number of nitrogens with zero attached hydrogens (tertiary/aromatic N) is 2. The Bertz CT molecular complexity index is 1080. The Hall–Kier alpha value is -3.73. The molecule has 0 aliphatic rings. The van der Waals surface area contributed by atoms with E-state index < -0.39 is 0 Å². The second-order valence-electron chi connectivity index (χ2n) is 5.96. The summed E-state index contributed by atoms with van der Waals surface area (Å²) in [5.41, 5.74) is 2.20. The van der Waals surface area contributed by atoms with E-state index in [4.69, 9.17) is 4.74 Å². The van der Waals surface area contributed by atoms with Crippen molar-refractivity contribution < 1.29 is 9.53 Å². The molecule has 0 fully saturated rings. The van der Waals surface area contributed by atoms with Gasteiger partial charge in [-0.1, -0.05) is 24.3 Å². The fourth-order valence-corrected chi connectivity index (χ4v) is 2.76. The maximum absolute atomic E-state index is 12.4. The minimum Gasteiger partial charge on any atom is -0.457 e. The lowest BCUT2D eigenvalue weighted by molar-refractivity contribution is 0.0950. The molecular weight excluding hydrogens is 338 g/mol. The molecule has 0 spiro atoms. The first-order chi connectivity index (χ1) is 13.3. The summed E-state index contributed by atoms with van der Waals surface area (Å²) in [5.74, 6) is 1.12. The molecule has 2 heterocycles. The number of pyridine rings is 2. The Morgan fingerprint density at radius 3 is 2.67 bits per heavy atom. The van der Waals surface area contributed by atoms with Gasteiger partial charge in [0.25, 0.3) is 5.91 Å². The van der Waals surface area contributed by atoms with Crippen molar-refractivity contribution in [1.82, 2.24) is 15.3 Å². The zero-order chi connectivity index (χ0) is 18.5. The summed E-state index contributed by atoms with van der Waals surface area (Å²) in [4.78, 5) is 21.0. The number of fused-ring (bicyclic) bond motifs is 1. The van der Waals surface area contributed by atoms with Crippen LogP contribution in [0.2, 0.25) is 0 Å². The SMILES string of the molecule is O=C(NCc1ccccn1)c1cccc(Oc2ccnc3ccccc23)c1. The van der Waals surface area contributed by atoms with Crippen molar-refractivity contribution in [2.45, 2.75) is 6.54 Å². The first kappa shape index (κ1) is 16.7. The molecule has 0 saturated heterocycles. The van der Waals surface area contributed by atoms with Crippen LogP contribution in [0.25, 0.3) is 10.9 Å². The predicted octanol–water partition coefficient (Wildman–Crippen LogP) is 4.35. The van der Waals surface area contributed by atoms with E-state index in [-0.39, 0.29) is 5.91 Å². The molecule has 2 aromatic carbocycles. The summed E-state index contributed by atoms with van der Waals surface area (Å²) in [6.45, 7) is 0.375. The molecule has 4 rings (SSSR count). The zero-order valence-corrected chi connectivity index (χ0v) is 14.5. The van der Waals surface area contributed by atoms with Crippen molar-refractivity contribution in [3.8, 4) is 11.5 Å². The summed E-state index contributed by atoms with van der Waals surface area (Å²) in [7, 11) is 0. The Labute approximate surface area is 156 Å². The van der Waals surface area contributed by atoms with Crippen molar-refractivity contribution in [3.05, 3.63) is 96.4 Å². The van der Waals surface area contributed by atoms with Crippen molar-refractivity contribution in [1.29, 1.82) is 0 Å². The van der Waals surface area contributed by atoms with E-state index in [0.29, 0.717) is 23.6 Å². The van der Waals surface area contributed by atoms with Crippen LogP contribution in [0.3, 0.4) is 0 Å². The highest BCUT2D eigenvalue weighted by Crippen LogP contribution is 2.28. The van der Waals surface area contributed by atoms with Gasteiger partial charge in [0.2, 0.25) is 0 Å². The third-order valence-electron chi connectivity index (χ3n) is 4.09. The number of carbonyl (C=O) groups excluding carboxylic acids is 1. The normalized spacial score (nSPS) is 10.5. The van der Waals surface area contributed by atoms with Gasteiger partial charge in [-0.2, -0.15) is 0 Å². The molecule has 5 heteroatoms. The average Bonchev–Trinajstić information content (AvgIpc) is 2.73. The summed E-state index contributed by atoms with van der Waals surface area (Å²) in [6, 6.07) is 22.3. The molecular formula is C22H17N3O2. The zero-order valence-electron chi connectivity index (χ0n) is 14.5. The van der Waals surface area contributed by atoms with Gasteiger partial charge >= 0.3 is 0 Å². The summed E-state index contributed by atoms with van der Waals surface area (Å²) >= 11 is 0. The van der Waals surface area contributed by atoms with Crippen molar-refractivity contribution in [2.75, 3.05) is 0 Å². The molecule has 0 aliphatic carbocycles. The van der Waals surface area contributed by atoms with Crippen molar-refractivity contribution >= 4 is 16.8 Å². The van der Waals surface area contributed by atoms with Gasteiger partial charge in [0.05, 0.1) is 17.8 Å². The first-order valence-electron chi connectivity index (χ1n) is 8.59. The van der Waals surface area contributed by atoms with Crippen LogP contribution in [0.5, 0.6) is 11.5 Å². The third kappa shape index (κ3) is 3.93. The molecule has 132 valence electrons. The molecule has 4 aromatic rings. The van der Waals surface area contributed by atoms with Gasteiger partial charge in [-0.05, 0) is 48.5 Å². The molecule has 0 saturated carbocycles. The Morgan fingerprint density at radius 2 is 1.78 bits per heavy atom. The van der Waals surface area contributed by atoms with Gasteiger partial charge in [-0.15, -0.1) is 0 Å². The minimum absolute atomic E-state index is 0.175. The molecule has 0 radical (unpaired) electrons. The van der Waals surface area contributed by atoms with Gasteiger partial charge < -0.3 is 10.1 Å². The summed E-state index contributed by atoms with van der Waals surface area (Å²) in [5, 5.41) is 3.79. The second kappa shape index (κ2) is 7.66. The van der Waals surface area contributed by atoms with Crippen LogP contribution in [0, 0.1) is 0 Å². The number of hydrogen-bond donors (Lipinski definition) is 1. The minimum atomic E-state index is -0.175. The number of carbonyl (C=O) groups is 1. The van der Waals surface area contributed by atoms with Crippen LogP contribution in [0.15, 0.2) is 85.2 Å². The van der Waals surface area contributed by atoms with Gasteiger partial charge in [0.15, 0.2) is 0 Å². The highest BCUT2D eigenvalue weighted by molar-refractivity contribution is 5.94. The molecule has 1 N–H and O–H groups in total. The largest absolute Gasteiger partial charge is 0.457 e. The summed E-state index contributed by atoms with van der Waals surface area (Å²) in [6.07, 6.45) is 3.41. The average molecular weight is 355 g/mol. The van der Waals surface area contributed by atoms with Crippen LogP contribution in [0.1, 0.15) is 16.1 Å². The van der Waals surface area contributed by atoms with E-state index >= 15 is 0 Å². The molecule has 5 nitrogen and oxygen atoms in total. The molecule has 0 aliphatic heterocycles. The Kier molecular flexibility index (Phi) is 4.74.